The minimum atomic E-state index is -0.879. The van der Waals surface area contributed by atoms with E-state index in [1.807, 2.05) is 17.9 Å². The van der Waals surface area contributed by atoms with Gasteiger partial charge in [-0.2, -0.15) is 5.26 Å². The van der Waals surface area contributed by atoms with Crippen molar-refractivity contribution < 1.29 is 13.9 Å². The van der Waals surface area contributed by atoms with Crippen LogP contribution in [-0.2, 0) is 0 Å². The second-order valence-corrected chi connectivity index (χ2v) is 5.54. The lowest BCUT2D eigenvalue weighted by atomic mass is 10.0. The van der Waals surface area contributed by atoms with Gasteiger partial charge in [-0.15, -0.1) is 0 Å². The summed E-state index contributed by atoms with van der Waals surface area (Å²) in [5.41, 5.74) is 1.87. The average Bonchev–Trinajstić information content (AvgIpc) is 2.56. The monoisotopic (exact) mass is 316 g/mol. The van der Waals surface area contributed by atoms with Gasteiger partial charge in [-0.1, -0.05) is 18.2 Å². The second kappa shape index (κ2) is 7.32. The number of rotatable bonds is 5. The molecule has 2 unspecified atom stereocenters. The molecule has 0 aliphatic carbocycles. The number of hydrogen-bond acceptors (Lipinski definition) is 3. The Labute approximate surface area is 134 Å². The van der Waals surface area contributed by atoms with Crippen LogP contribution in [-0.4, -0.2) is 23.6 Å². The van der Waals surface area contributed by atoms with Crippen molar-refractivity contribution in [2.45, 2.75) is 19.1 Å². The summed E-state index contributed by atoms with van der Waals surface area (Å²) in [5, 5.41) is 19.1. The molecule has 0 spiro atoms. The summed E-state index contributed by atoms with van der Waals surface area (Å²) in [4.78, 5) is 1.86. The zero-order valence-corrected chi connectivity index (χ0v) is 13.0. The molecular formula is C18H18F2N2O. The van der Waals surface area contributed by atoms with Crippen LogP contribution in [0.4, 0.5) is 8.78 Å². The number of likely N-dealkylation sites (N-methyl/N-ethyl adjacent to an activating group) is 1. The number of hydrogen-bond donors (Lipinski definition) is 1. The van der Waals surface area contributed by atoms with Gasteiger partial charge in [-0.25, -0.2) is 8.78 Å². The lowest BCUT2D eigenvalue weighted by molar-refractivity contribution is 0.108. The maximum atomic E-state index is 13.3. The van der Waals surface area contributed by atoms with Crippen molar-refractivity contribution in [3.05, 3.63) is 70.8 Å². The normalized spacial score (nSPS) is 13.6. The topological polar surface area (TPSA) is 47.3 Å². The van der Waals surface area contributed by atoms with Gasteiger partial charge >= 0.3 is 0 Å². The van der Waals surface area contributed by atoms with Crippen LogP contribution in [0.15, 0.2) is 42.5 Å². The van der Waals surface area contributed by atoms with E-state index in [0.29, 0.717) is 23.2 Å². The molecule has 2 aromatic rings. The van der Waals surface area contributed by atoms with Gasteiger partial charge in [0.2, 0.25) is 0 Å². The number of aliphatic hydroxyl groups excluding tert-OH is 1. The van der Waals surface area contributed by atoms with Crippen LogP contribution in [0.1, 0.15) is 35.8 Å². The molecule has 2 rings (SSSR count). The third-order valence-corrected chi connectivity index (χ3v) is 3.97. The van der Waals surface area contributed by atoms with Gasteiger partial charge in [0.15, 0.2) is 11.6 Å². The maximum absolute atomic E-state index is 13.3. The van der Waals surface area contributed by atoms with E-state index in [4.69, 9.17) is 5.26 Å². The molecular weight excluding hydrogens is 298 g/mol. The standard InChI is InChI=1S/C18H18F2N2O/c1-12(15-7-8-16(19)17(20)9-15)22(2)11-18(23)14-5-3-13(10-21)4-6-14/h3-9,12,18,23H,11H2,1-2H3. The van der Waals surface area contributed by atoms with Crippen LogP contribution in [0.3, 0.4) is 0 Å². The van der Waals surface area contributed by atoms with E-state index in [9.17, 15) is 13.9 Å². The van der Waals surface area contributed by atoms with Crippen molar-refractivity contribution >= 4 is 0 Å². The highest BCUT2D eigenvalue weighted by molar-refractivity contribution is 5.32. The van der Waals surface area contributed by atoms with E-state index >= 15 is 0 Å². The van der Waals surface area contributed by atoms with E-state index in [1.165, 1.54) is 12.1 Å². The Bertz CT molecular complexity index is 710. The molecule has 1 N–H and O–H groups in total. The molecule has 120 valence electrons. The van der Waals surface area contributed by atoms with Gasteiger partial charge in [0, 0.05) is 12.6 Å². The Morgan fingerprint density at radius 1 is 1.09 bits per heavy atom. The van der Waals surface area contributed by atoms with E-state index in [2.05, 4.69) is 0 Å². The van der Waals surface area contributed by atoms with Crippen molar-refractivity contribution in [3.63, 3.8) is 0 Å². The summed E-state index contributed by atoms with van der Waals surface area (Å²) in [5.74, 6) is -1.75. The minimum absolute atomic E-state index is 0.182. The maximum Gasteiger partial charge on any atom is 0.159 e. The van der Waals surface area contributed by atoms with Gasteiger partial charge in [0.25, 0.3) is 0 Å². The van der Waals surface area contributed by atoms with Gasteiger partial charge in [0.1, 0.15) is 0 Å². The highest BCUT2D eigenvalue weighted by Crippen LogP contribution is 2.23. The highest BCUT2D eigenvalue weighted by Gasteiger charge is 2.18. The summed E-state index contributed by atoms with van der Waals surface area (Å²) in [6.45, 7) is 2.18. The Morgan fingerprint density at radius 3 is 2.26 bits per heavy atom. The fourth-order valence-electron chi connectivity index (χ4n) is 2.34. The molecule has 0 aromatic heterocycles. The van der Waals surface area contributed by atoms with Crippen molar-refractivity contribution in [1.29, 1.82) is 5.26 Å². The van der Waals surface area contributed by atoms with E-state index in [1.54, 1.807) is 31.3 Å². The van der Waals surface area contributed by atoms with Crippen molar-refractivity contribution in [2.24, 2.45) is 0 Å². The van der Waals surface area contributed by atoms with E-state index in [-0.39, 0.29) is 6.04 Å². The molecule has 0 aliphatic heterocycles. The second-order valence-electron chi connectivity index (χ2n) is 5.54. The summed E-state index contributed by atoms with van der Waals surface area (Å²) >= 11 is 0. The Hall–Kier alpha value is -2.29. The average molecular weight is 316 g/mol. The first-order valence-electron chi connectivity index (χ1n) is 7.25. The van der Waals surface area contributed by atoms with Crippen LogP contribution in [0.25, 0.3) is 0 Å². The lowest BCUT2D eigenvalue weighted by Crippen LogP contribution is -2.27. The number of aliphatic hydroxyl groups is 1. The molecule has 2 atom stereocenters. The fraction of sp³-hybridized carbons (Fsp3) is 0.278. The summed E-state index contributed by atoms with van der Waals surface area (Å²) in [6.07, 6.45) is -0.736. The van der Waals surface area contributed by atoms with Gasteiger partial charge in [0.05, 0.1) is 17.7 Å². The first-order chi connectivity index (χ1) is 10.9. The van der Waals surface area contributed by atoms with Crippen molar-refractivity contribution in [3.8, 4) is 6.07 Å². The molecule has 0 amide bonds. The van der Waals surface area contributed by atoms with Gasteiger partial charge < -0.3 is 5.11 Å². The number of nitriles is 1. The van der Waals surface area contributed by atoms with Crippen LogP contribution in [0.2, 0.25) is 0 Å². The zero-order chi connectivity index (χ0) is 17.0. The smallest absolute Gasteiger partial charge is 0.159 e. The van der Waals surface area contributed by atoms with Crippen LogP contribution >= 0.6 is 0 Å². The Balaban J connectivity index is 2.05. The fourth-order valence-corrected chi connectivity index (χ4v) is 2.34. The molecule has 0 heterocycles. The third kappa shape index (κ3) is 4.13. The van der Waals surface area contributed by atoms with Gasteiger partial charge in [-0.3, -0.25) is 4.90 Å². The molecule has 0 saturated carbocycles. The largest absolute Gasteiger partial charge is 0.387 e. The number of halogens is 2. The minimum Gasteiger partial charge on any atom is -0.387 e. The van der Waals surface area contributed by atoms with Crippen LogP contribution in [0.5, 0.6) is 0 Å². The summed E-state index contributed by atoms with van der Waals surface area (Å²) < 4.78 is 26.3. The lowest BCUT2D eigenvalue weighted by Gasteiger charge is -2.27. The molecule has 23 heavy (non-hydrogen) atoms. The zero-order valence-electron chi connectivity index (χ0n) is 13.0. The molecule has 0 fully saturated rings. The quantitative estimate of drug-likeness (QED) is 0.917. The highest BCUT2D eigenvalue weighted by atomic mass is 19.2. The molecule has 2 aromatic carbocycles. The van der Waals surface area contributed by atoms with E-state index < -0.39 is 17.7 Å². The van der Waals surface area contributed by atoms with Crippen molar-refractivity contribution in [2.75, 3.05) is 13.6 Å². The van der Waals surface area contributed by atoms with Crippen LogP contribution < -0.4 is 0 Å². The predicted octanol–water partition coefficient (Wildman–Crippen LogP) is 3.56. The van der Waals surface area contributed by atoms with Crippen molar-refractivity contribution in [1.82, 2.24) is 4.90 Å². The predicted molar refractivity (Wildman–Crippen MR) is 83.5 cm³/mol. The Kier molecular flexibility index (Phi) is 5.43. The molecule has 0 aliphatic rings. The van der Waals surface area contributed by atoms with Crippen LogP contribution in [0, 0.1) is 23.0 Å². The van der Waals surface area contributed by atoms with Gasteiger partial charge in [-0.05, 0) is 49.4 Å². The summed E-state index contributed by atoms with van der Waals surface area (Å²) in [7, 11) is 1.80. The molecule has 0 saturated heterocycles. The molecule has 0 radical (unpaired) electrons. The SMILES string of the molecule is CC(c1ccc(F)c(F)c1)N(C)CC(O)c1ccc(C#N)cc1. The molecule has 5 heteroatoms. The first-order valence-corrected chi connectivity index (χ1v) is 7.25. The Morgan fingerprint density at radius 2 is 1.70 bits per heavy atom. The summed E-state index contributed by atoms with van der Waals surface area (Å²) in [6, 6.07) is 12.4. The number of nitrogens with zero attached hydrogens (tertiary/aromatic N) is 2. The third-order valence-electron chi connectivity index (χ3n) is 3.97. The first kappa shape index (κ1) is 17.1. The van der Waals surface area contributed by atoms with E-state index in [0.717, 1.165) is 6.07 Å². The molecule has 3 nitrogen and oxygen atoms in total. The molecule has 0 bridgehead atoms. The number of benzene rings is 2.